The number of fused-ring (bicyclic) bond motifs is 1. The van der Waals surface area contributed by atoms with Crippen LogP contribution in [0.15, 0.2) is 30.5 Å². The Morgan fingerprint density at radius 1 is 1.07 bits per heavy atom. The van der Waals surface area contributed by atoms with Gasteiger partial charge in [-0.25, -0.2) is 13.8 Å². The first-order chi connectivity index (χ1) is 12.4. The van der Waals surface area contributed by atoms with E-state index in [1.54, 1.807) is 0 Å². The van der Waals surface area contributed by atoms with Gasteiger partial charge < -0.3 is 14.9 Å². The molecule has 0 bridgehead atoms. The molecule has 0 amide bonds. The number of aliphatic hydroxyl groups is 2. The first-order valence-electron chi connectivity index (χ1n) is 7.20. The van der Waals surface area contributed by atoms with Gasteiger partial charge in [0.05, 0.1) is 11.8 Å². The van der Waals surface area contributed by atoms with Gasteiger partial charge in [0.25, 0.3) is 12.2 Å². The van der Waals surface area contributed by atoms with Gasteiger partial charge in [0, 0.05) is 11.1 Å². The number of pyridine rings is 1. The first-order valence-corrected chi connectivity index (χ1v) is 7.20. The summed E-state index contributed by atoms with van der Waals surface area (Å²) in [4.78, 5) is 14.1. The van der Waals surface area contributed by atoms with Crippen molar-refractivity contribution in [2.75, 3.05) is 0 Å². The van der Waals surface area contributed by atoms with Crippen molar-refractivity contribution in [3.05, 3.63) is 52.8 Å². The molecule has 0 radical (unpaired) electrons. The molecule has 27 heavy (non-hydrogen) atoms. The molecule has 144 valence electrons. The van der Waals surface area contributed by atoms with E-state index in [0.717, 1.165) is 18.3 Å². The predicted molar refractivity (Wildman–Crippen MR) is 76.1 cm³/mol. The molecule has 5 nitrogen and oxygen atoms in total. The van der Waals surface area contributed by atoms with Crippen LogP contribution in [0.25, 0.3) is 0 Å². The molecule has 3 rings (SSSR count). The minimum Gasteiger partial charge on any atom is -0.455 e. The minimum absolute atomic E-state index is 0.0191. The zero-order valence-corrected chi connectivity index (χ0v) is 13.0. The van der Waals surface area contributed by atoms with Gasteiger partial charge in [-0.2, -0.15) is 17.6 Å². The zero-order valence-electron chi connectivity index (χ0n) is 13.0. The summed E-state index contributed by atoms with van der Waals surface area (Å²) < 4.78 is 87.4. The summed E-state index contributed by atoms with van der Waals surface area (Å²) in [6.07, 6.45) is -2.32. The molecule has 1 heterocycles. The third-order valence-corrected chi connectivity index (χ3v) is 4.05. The van der Waals surface area contributed by atoms with E-state index >= 15 is 0 Å². The Balaban J connectivity index is 2.18. The van der Waals surface area contributed by atoms with Gasteiger partial charge in [0.2, 0.25) is 0 Å². The van der Waals surface area contributed by atoms with Crippen LogP contribution in [0, 0.1) is 0 Å². The van der Waals surface area contributed by atoms with E-state index in [1.807, 2.05) is 0 Å². The molecule has 2 N–H and O–H groups in total. The van der Waals surface area contributed by atoms with Gasteiger partial charge in [-0.1, -0.05) is 0 Å². The largest absolute Gasteiger partial charge is 0.455 e. The number of carbonyl (C=O) groups is 1. The third kappa shape index (κ3) is 2.57. The number of aldehydes is 1. The number of ether oxygens (including phenoxy) is 1. The standard InChI is InChI=1S/C16H9F6NO4/c17-13(18)11-10(27-8-2-1-7(6-24)23-5-8)4-3-9-12(11)15(25,26)16(21,22)14(9,19)20/h1-6,13,25-26H. The lowest BCUT2D eigenvalue weighted by molar-refractivity contribution is -0.358. The molecule has 0 unspecified atom stereocenters. The molecule has 2 aromatic rings. The summed E-state index contributed by atoms with van der Waals surface area (Å²) in [6, 6.07) is 3.22. The number of carbonyl (C=O) groups excluding carboxylic acids is 1. The predicted octanol–water partition coefficient (Wildman–Crippen LogP) is 3.50. The highest BCUT2D eigenvalue weighted by Crippen LogP contribution is 2.62. The minimum atomic E-state index is -5.45. The van der Waals surface area contributed by atoms with Crippen molar-refractivity contribution in [2.24, 2.45) is 0 Å². The van der Waals surface area contributed by atoms with Crippen molar-refractivity contribution in [1.29, 1.82) is 0 Å². The molecular formula is C16H9F6NO4. The topological polar surface area (TPSA) is 79.7 Å². The van der Waals surface area contributed by atoms with Crippen LogP contribution in [0.3, 0.4) is 0 Å². The fourth-order valence-electron chi connectivity index (χ4n) is 2.74. The van der Waals surface area contributed by atoms with E-state index in [4.69, 9.17) is 4.74 Å². The summed E-state index contributed by atoms with van der Waals surface area (Å²) in [6.45, 7) is 0. The smallest absolute Gasteiger partial charge is 0.371 e. The third-order valence-electron chi connectivity index (χ3n) is 4.05. The van der Waals surface area contributed by atoms with Crippen LogP contribution >= 0.6 is 0 Å². The number of aromatic nitrogens is 1. The summed E-state index contributed by atoms with van der Waals surface area (Å²) >= 11 is 0. The average molecular weight is 393 g/mol. The average Bonchev–Trinajstić information content (AvgIpc) is 2.70. The maximum atomic E-state index is 13.9. The van der Waals surface area contributed by atoms with Gasteiger partial charge in [0.1, 0.15) is 17.2 Å². The summed E-state index contributed by atoms with van der Waals surface area (Å²) in [7, 11) is 0. The van der Waals surface area contributed by atoms with Gasteiger partial charge in [0.15, 0.2) is 6.29 Å². The molecule has 1 aliphatic rings. The van der Waals surface area contributed by atoms with Gasteiger partial charge in [-0.3, -0.25) is 4.79 Å². The number of alkyl halides is 6. The van der Waals surface area contributed by atoms with Crippen LogP contribution < -0.4 is 4.74 Å². The van der Waals surface area contributed by atoms with Crippen LogP contribution in [0.2, 0.25) is 0 Å². The van der Waals surface area contributed by atoms with E-state index in [1.165, 1.54) is 0 Å². The highest BCUT2D eigenvalue weighted by Gasteiger charge is 2.77. The van der Waals surface area contributed by atoms with Crippen LogP contribution in [0.1, 0.15) is 33.6 Å². The molecule has 0 aliphatic heterocycles. The van der Waals surface area contributed by atoms with Crippen LogP contribution in [-0.4, -0.2) is 27.4 Å². The van der Waals surface area contributed by atoms with E-state index in [9.17, 15) is 41.4 Å². The Kier molecular flexibility index (Phi) is 4.19. The molecule has 11 heteroatoms. The second-order valence-corrected chi connectivity index (χ2v) is 5.66. The van der Waals surface area contributed by atoms with Crippen molar-refractivity contribution in [3.63, 3.8) is 0 Å². The number of halogens is 6. The molecule has 1 aromatic heterocycles. The fourth-order valence-corrected chi connectivity index (χ4v) is 2.74. The van der Waals surface area contributed by atoms with Crippen molar-refractivity contribution in [2.45, 2.75) is 24.1 Å². The normalized spacial score (nSPS) is 19.0. The number of hydrogen-bond donors (Lipinski definition) is 2. The van der Waals surface area contributed by atoms with E-state index < -0.39 is 46.5 Å². The first kappa shape index (κ1) is 19.1. The van der Waals surface area contributed by atoms with E-state index in [-0.39, 0.29) is 11.4 Å². The lowest BCUT2D eigenvalue weighted by Gasteiger charge is -2.28. The Hall–Kier alpha value is -2.66. The van der Waals surface area contributed by atoms with Gasteiger partial charge in [-0.15, -0.1) is 0 Å². The molecule has 0 saturated carbocycles. The Morgan fingerprint density at radius 2 is 1.74 bits per heavy atom. The van der Waals surface area contributed by atoms with Crippen LogP contribution in [0.4, 0.5) is 26.3 Å². The van der Waals surface area contributed by atoms with Crippen LogP contribution in [-0.2, 0) is 11.7 Å². The van der Waals surface area contributed by atoms with Crippen molar-refractivity contribution in [3.8, 4) is 11.5 Å². The molecule has 0 atom stereocenters. The van der Waals surface area contributed by atoms with Crippen LogP contribution in [0.5, 0.6) is 11.5 Å². The number of hydrogen-bond acceptors (Lipinski definition) is 5. The summed E-state index contributed by atoms with van der Waals surface area (Å²) in [5.41, 5.74) is -4.90. The molecular weight excluding hydrogens is 384 g/mol. The highest BCUT2D eigenvalue weighted by atomic mass is 19.3. The molecule has 1 aromatic carbocycles. The van der Waals surface area contributed by atoms with Gasteiger partial charge in [-0.05, 0) is 24.3 Å². The van der Waals surface area contributed by atoms with E-state index in [2.05, 4.69) is 4.98 Å². The molecule has 0 spiro atoms. The van der Waals surface area contributed by atoms with Crippen molar-refractivity contribution in [1.82, 2.24) is 4.98 Å². The van der Waals surface area contributed by atoms with Crippen molar-refractivity contribution < 1.29 is 46.1 Å². The maximum Gasteiger partial charge on any atom is 0.371 e. The Labute approximate surface area is 146 Å². The van der Waals surface area contributed by atoms with E-state index in [0.29, 0.717) is 18.4 Å². The monoisotopic (exact) mass is 393 g/mol. The number of benzene rings is 1. The molecule has 0 saturated heterocycles. The zero-order chi connectivity index (χ0) is 20.2. The SMILES string of the molecule is O=Cc1ccc(Oc2ccc3c(c2C(F)F)C(O)(O)C(F)(F)C3(F)F)cn1. The summed E-state index contributed by atoms with van der Waals surface area (Å²) in [5.74, 6) is -16.2. The Morgan fingerprint density at radius 3 is 2.26 bits per heavy atom. The quantitative estimate of drug-likeness (QED) is 0.472. The lowest BCUT2D eigenvalue weighted by atomic mass is 9.98. The lowest BCUT2D eigenvalue weighted by Crippen LogP contribution is -2.49. The molecule has 0 fully saturated rings. The highest BCUT2D eigenvalue weighted by molar-refractivity contribution is 5.71. The summed E-state index contributed by atoms with van der Waals surface area (Å²) in [5, 5.41) is 19.2. The van der Waals surface area contributed by atoms with Crippen molar-refractivity contribution >= 4 is 6.29 Å². The van der Waals surface area contributed by atoms with Gasteiger partial charge >= 0.3 is 11.8 Å². The fraction of sp³-hybridized carbons (Fsp3) is 0.250. The second kappa shape index (κ2) is 5.92. The second-order valence-electron chi connectivity index (χ2n) is 5.66. The Bertz CT molecular complexity index is 899. The number of nitrogens with zero attached hydrogens (tertiary/aromatic N) is 1. The maximum absolute atomic E-state index is 13.9. The molecule has 1 aliphatic carbocycles. The number of rotatable bonds is 4.